The molecule has 2 aliphatic heterocycles. The standard InChI is InChI=1S/C10H18N2O/c1-11-5-9-7-12(3-4-13-2)8-10(9)6-11/h3-8H2,1-2H3. The number of methoxy groups -OCH3 is 1. The van der Waals surface area contributed by atoms with Gasteiger partial charge in [0.15, 0.2) is 0 Å². The molecule has 0 saturated carbocycles. The molecule has 74 valence electrons. The molecule has 2 aliphatic rings. The summed E-state index contributed by atoms with van der Waals surface area (Å²) in [4.78, 5) is 4.86. The van der Waals surface area contributed by atoms with Crippen molar-refractivity contribution < 1.29 is 4.74 Å². The lowest BCUT2D eigenvalue weighted by molar-refractivity contribution is 0.160. The molecule has 0 fully saturated rings. The van der Waals surface area contributed by atoms with Gasteiger partial charge >= 0.3 is 0 Å². The van der Waals surface area contributed by atoms with Crippen molar-refractivity contribution in [2.45, 2.75) is 0 Å². The Hall–Kier alpha value is -0.380. The number of rotatable bonds is 3. The number of hydrogen-bond donors (Lipinski definition) is 0. The average molecular weight is 182 g/mol. The van der Waals surface area contributed by atoms with Gasteiger partial charge in [-0.3, -0.25) is 9.80 Å². The van der Waals surface area contributed by atoms with Crippen molar-refractivity contribution in [2.24, 2.45) is 0 Å². The van der Waals surface area contributed by atoms with Crippen molar-refractivity contribution in [1.82, 2.24) is 9.80 Å². The van der Waals surface area contributed by atoms with Gasteiger partial charge in [-0.15, -0.1) is 0 Å². The Morgan fingerprint density at radius 1 is 1.15 bits per heavy atom. The molecule has 0 amide bonds. The summed E-state index contributed by atoms with van der Waals surface area (Å²) in [5.41, 5.74) is 3.30. The molecule has 13 heavy (non-hydrogen) atoms. The quantitative estimate of drug-likeness (QED) is 0.580. The van der Waals surface area contributed by atoms with Crippen molar-refractivity contribution in [3.05, 3.63) is 11.1 Å². The summed E-state index contributed by atoms with van der Waals surface area (Å²) < 4.78 is 5.08. The Kier molecular flexibility index (Phi) is 2.67. The third-order valence-electron chi connectivity index (χ3n) is 2.86. The Balaban J connectivity index is 1.80. The number of nitrogens with zero attached hydrogens (tertiary/aromatic N) is 2. The van der Waals surface area contributed by atoms with Gasteiger partial charge in [0.2, 0.25) is 0 Å². The summed E-state index contributed by atoms with van der Waals surface area (Å²) in [6.07, 6.45) is 0. The highest BCUT2D eigenvalue weighted by Crippen LogP contribution is 2.23. The summed E-state index contributed by atoms with van der Waals surface area (Å²) in [6.45, 7) is 6.63. The predicted molar refractivity (Wildman–Crippen MR) is 52.8 cm³/mol. The van der Waals surface area contributed by atoms with Gasteiger partial charge in [0.05, 0.1) is 6.61 Å². The van der Waals surface area contributed by atoms with Gasteiger partial charge in [0.25, 0.3) is 0 Å². The van der Waals surface area contributed by atoms with E-state index >= 15 is 0 Å². The van der Waals surface area contributed by atoms with Crippen LogP contribution in [0.4, 0.5) is 0 Å². The van der Waals surface area contributed by atoms with Crippen LogP contribution in [0.1, 0.15) is 0 Å². The first-order valence-electron chi connectivity index (χ1n) is 4.89. The van der Waals surface area contributed by atoms with Crippen LogP contribution in [0.15, 0.2) is 11.1 Å². The molecule has 3 heteroatoms. The Bertz CT molecular complexity index is 207. The molecular weight excluding hydrogens is 164 g/mol. The smallest absolute Gasteiger partial charge is 0.0589 e. The SMILES string of the molecule is COCCN1CC2=C(CN(C)C2)C1. The fourth-order valence-corrected chi connectivity index (χ4v) is 2.23. The first-order chi connectivity index (χ1) is 6.29. The molecule has 0 spiro atoms. The maximum atomic E-state index is 5.08. The van der Waals surface area contributed by atoms with E-state index in [9.17, 15) is 0 Å². The normalized spacial score (nSPS) is 24.5. The molecule has 2 heterocycles. The molecule has 0 radical (unpaired) electrons. The van der Waals surface area contributed by atoms with E-state index in [1.165, 1.54) is 26.2 Å². The second-order valence-corrected chi connectivity index (χ2v) is 4.08. The van der Waals surface area contributed by atoms with Gasteiger partial charge in [-0.1, -0.05) is 0 Å². The third kappa shape index (κ3) is 1.93. The van der Waals surface area contributed by atoms with E-state index in [2.05, 4.69) is 16.8 Å². The summed E-state index contributed by atoms with van der Waals surface area (Å²) in [6, 6.07) is 0. The van der Waals surface area contributed by atoms with Crippen LogP contribution in [0.25, 0.3) is 0 Å². The lowest BCUT2D eigenvalue weighted by Gasteiger charge is -2.19. The number of ether oxygens (including phenoxy) is 1. The first kappa shape index (κ1) is 9.19. The Morgan fingerprint density at radius 3 is 2.31 bits per heavy atom. The molecule has 0 aromatic heterocycles. The largest absolute Gasteiger partial charge is 0.383 e. The number of hydrogen-bond acceptors (Lipinski definition) is 3. The molecule has 0 aliphatic carbocycles. The van der Waals surface area contributed by atoms with Crippen molar-refractivity contribution in [3.8, 4) is 0 Å². The van der Waals surface area contributed by atoms with Crippen LogP contribution in [0.5, 0.6) is 0 Å². The highest BCUT2D eigenvalue weighted by atomic mass is 16.5. The zero-order valence-electron chi connectivity index (χ0n) is 8.55. The van der Waals surface area contributed by atoms with E-state index in [4.69, 9.17) is 4.74 Å². The van der Waals surface area contributed by atoms with Crippen LogP contribution in [0.2, 0.25) is 0 Å². The molecule has 0 bridgehead atoms. The zero-order chi connectivity index (χ0) is 9.26. The fourth-order valence-electron chi connectivity index (χ4n) is 2.23. The second-order valence-electron chi connectivity index (χ2n) is 4.08. The van der Waals surface area contributed by atoms with Crippen molar-refractivity contribution in [2.75, 3.05) is 53.5 Å². The van der Waals surface area contributed by atoms with Gasteiger partial charge < -0.3 is 4.74 Å². The molecule has 0 aromatic rings. The maximum Gasteiger partial charge on any atom is 0.0589 e. The molecule has 0 aromatic carbocycles. The Labute approximate surface area is 80.0 Å². The molecular formula is C10H18N2O. The highest BCUT2D eigenvalue weighted by Gasteiger charge is 2.27. The van der Waals surface area contributed by atoms with Crippen LogP contribution in [0, 0.1) is 0 Å². The maximum absolute atomic E-state index is 5.08. The van der Waals surface area contributed by atoms with E-state index < -0.39 is 0 Å². The lowest BCUT2D eigenvalue weighted by Crippen LogP contribution is -2.30. The molecule has 0 atom stereocenters. The third-order valence-corrected chi connectivity index (χ3v) is 2.86. The minimum absolute atomic E-state index is 0.858. The van der Waals surface area contributed by atoms with Gasteiger partial charge in [-0.05, 0) is 18.2 Å². The van der Waals surface area contributed by atoms with E-state index in [0.29, 0.717) is 0 Å². The summed E-state index contributed by atoms with van der Waals surface area (Å²) >= 11 is 0. The minimum Gasteiger partial charge on any atom is -0.383 e. The molecule has 2 rings (SSSR count). The molecule has 3 nitrogen and oxygen atoms in total. The zero-order valence-corrected chi connectivity index (χ0v) is 8.55. The van der Waals surface area contributed by atoms with Gasteiger partial charge in [0, 0.05) is 39.8 Å². The molecule has 0 unspecified atom stereocenters. The highest BCUT2D eigenvalue weighted by molar-refractivity contribution is 5.29. The number of likely N-dealkylation sites (N-methyl/N-ethyl adjacent to an activating group) is 1. The lowest BCUT2D eigenvalue weighted by atomic mass is 10.2. The van der Waals surface area contributed by atoms with E-state index in [0.717, 1.165) is 13.2 Å². The van der Waals surface area contributed by atoms with Crippen LogP contribution in [-0.2, 0) is 4.74 Å². The van der Waals surface area contributed by atoms with Crippen molar-refractivity contribution in [3.63, 3.8) is 0 Å². The Morgan fingerprint density at radius 2 is 1.77 bits per heavy atom. The predicted octanol–water partition coefficient (Wildman–Crippen LogP) is 0.190. The fraction of sp³-hybridized carbons (Fsp3) is 0.800. The van der Waals surface area contributed by atoms with Crippen molar-refractivity contribution in [1.29, 1.82) is 0 Å². The second kappa shape index (κ2) is 3.78. The summed E-state index contributed by atoms with van der Waals surface area (Å²) in [5, 5.41) is 0. The van der Waals surface area contributed by atoms with Crippen molar-refractivity contribution >= 4 is 0 Å². The van der Waals surface area contributed by atoms with Crippen LogP contribution in [-0.4, -0.2) is 63.3 Å². The molecule has 0 N–H and O–H groups in total. The van der Waals surface area contributed by atoms with E-state index in [1.54, 1.807) is 18.3 Å². The van der Waals surface area contributed by atoms with Gasteiger partial charge in [0.1, 0.15) is 0 Å². The topological polar surface area (TPSA) is 15.7 Å². The van der Waals surface area contributed by atoms with E-state index in [-0.39, 0.29) is 0 Å². The monoisotopic (exact) mass is 182 g/mol. The van der Waals surface area contributed by atoms with Crippen LogP contribution in [0.3, 0.4) is 0 Å². The first-order valence-corrected chi connectivity index (χ1v) is 4.89. The van der Waals surface area contributed by atoms with Crippen LogP contribution < -0.4 is 0 Å². The van der Waals surface area contributed by atoms with Gasteiger partial charge in [-0.25, -0.2) is 0 Å². The summed E-state index contributed by atoms with van der Waals surface area (Å²) in [5.74, 6) is 0. The minimum atomic E-state index is 0.858. The summed E-state index contributed by atoms with van der Waals surface area (Å²) in [7, 11) is 3.96. The molecule has 0 saturated heterocycles. The average Bonchev–Trinajstić information content (AvgIpc) is 2.57. The van der Waals surface area contributed by atoms with Crippen LogP contribution >= 0.6 is 0 Å². The van der Waals surface area contributed by atoms with Gasteiger partial charge in [-0.2, -0.15) is 0 Å². The van der Waals surface area contributed by atoms with E-state index in [1.807, 2.05) is 0 Å².